The zero-order valence-electron chi connectivity index (χ0n) is 16.6. The van der Waals surface area contributed by atoms with Gasteiger partial charge in [0, 0.05) is 18.8 Å². The smallest absolute Gasteiger partial charge is 0.271 e. The Kier molecular flexibility index (Phi) is 6.14. The quantitative estimate of drug-likeness (QED) is 0.583. The number of para-hydroxylation sites is 1. The average molecular weight is 413 g/mol. The average Bonchev–Trinajstić information content (AvgIpc) is 3.09. The fourth-order valence-corrected chi connectivity index (χ4v) is 4.30. The van der Waals surface area contributed by atoms with Gasteiger partial charge in [0.15, 0.2) is 5.69 Å². The minimum absolute atomic E-state index is 0.0832. The first-order chi connectivity index (χ1) is 13.8. The predicted octanol–water partition coefficient (Wildman–Crippen LogP) is 2.51. The van der Waals surface area contributed by atoms with Crippen LogP contribution in [-0.4, -0.2) is 37.2 Å². The van der Waals surface area contributed by atoms with Gasteiger partial charge in [0.2, 0.25) is 10.0 Å². The van der Waals surface area contributed by atoms with Crippen molar-refractivity contribution in [3.8, 4) is 5.69 Å². The summed E-state index contributed by atoms with van der Waals surface area (Å²) in [5.41, 5.74) is 3.52. The fourth-order valence-electron chi connectivity index (χ4n) is 2.94. The van der Waals surface area contributed by atoms with Crippen LogP contribution >= 0.6 is 0 Å². The first-order valence-corrected chi connectivity index (χ1v) is 10.7. The third-order valence-electron chi connectivity index (χ3n) is 4.46. The van der Waals surface area contributed by atoms with Gasteiger partial charge in [0.1, 0.15) is 0 Å². The van der Waals surface area contributed by atoms with E-state index < -0.39 is 10.0 Å². The van der Waals surface area contributed by atoms with E-state index in [1.807, 2.05) is 50.2 Å². The molecule has 3 rings (SSSR count). The van der Waals surface area contributed by atoms with Gasteiger partial charge in [-0.05, 0) is 56.2 Å². The van der Waals surface area contributed by atoms with Crippen molar-refractivity contribution in [2.75, 3.05) is 13.1 Å². The van der Waals surface area contributed by atoms with Crippen LogP contribution in [0, 0.1) is 20.8 Å². The number of amides is 1. The maximum atomic E-state index is 12.5. The molecular formula is C21H24N4O3S. The first kappa shape index (κ1) is 20.8. The first-order valence-electron chi connectivity index (χ1n) is 9.25. The Labute approximate surface area is 170 Å². The standard InChI is InChI=1S/C21H24N4O3S/c1-15-9-10-16(2)20(13-15)29(27,28)23-12-11-22-21(26)19-14-17(3)25(24-19)18-7-5-4-6-8-18/h4-10,13-14,23H,11-12H2,1-3H3,(H,22,26). The van der Waals surface area contributed by atoms with E-state index in [-0.39, 0.29) is 29.6 Å². The van der Waals surface area contributed by atoms with E-state index in [1.54, 1.807) is 29.8 Å². The second kappa shape index (κ2) is 8.59. The molecule has 1 aromatic heterocycles. The van der Waals surface area contributed by atoms with Crippen LogP contribution in [0.4, 0.5) is 0 Å². The normalized spacial score (nSPS) is 11.4. The molecule has 0 spiro atoms. The van der Waals surface area contributed by atoms with Crippen LogP contribution in [0.25, 0.3) is 5.69 Å². The second-order valence-corrected chi connectivity index (χ2v) is 8.58. The number of nitrogens with zero attached hydrogens (tertiary/aromatic N) is 2. The van der Waals surface area contributed by atoms with E-state index in [0.717, 1.165) is 16.9 Å². The number of nitrogens with one attached hydrogen (secondary N) is 2. The molecule has 0 saturated heterocycles. The highest BCUT2D eigenvalue weighted by Gasteiger charge is 2.17. The molecule has 152 valence electrons. The Morgan fingerprint density at radius 2 is 1.72 bits per heavy atom. The summed E-state index contributed by atoms with van der Waals surface area (Å²) in [6.45, 7) is 5.70. The molecule has 0 aliphatic carbocycles. The second-order valence-electron chi connectivity index (χ2n) is 6.84. The number of carbonyl (C=O) groups excluding carboxylic acids is 1. The molecule has 8 heteroatoms. The van der Waals surface area contributed by atoms with Crippen LogP contribution in [0.3, 0.4) is 0 Å². The Morgan fingerprint density at radius 3 is 2.45 bits per heavy atom. The van der Waals surface area contributed by atoms with Gasteiger partial charge in [-0.2, -0.15) is 5.10 Å². The van der Waals surface area contributed by atoms with Gasteiger partial charge in [-0.15, -0.1) is 0 Å². The molecule has 0 aliphatic rings. The van der Waals surface area contributed by atoms with Crippen LogP contribution < -0.4 is 10.0 Å². The van der Waals surface area contributed by atoms with Crippen molar-refractivity contribution in [3.05, 3.63) is 77.1 Å². The lowest BCUT2D eigenvalue weighted by Gasteiger charge is -2.10. The van der Waals surface area contributed by atoms with Crippen molar-refractivity contribution in [3.63, 3.8) is 0 Å². The lowest BCUT2D eigenvalue weighted by Crippen LogP contribution is -2.35. The summed E-state index contributed by atoms with van der Waals surface area (Å²) < 4.78 is 29.2. The molecule has 0 radical (unpaired) electrons. The lowest BCUT2D eigenvalue weighted by molar-refractivity contribution is 0.0949. The number of aryl methyl sites for hydroxylation is 3. The minimum Gasteiger partial charge on any atom is -0.349 e. The maximum absolute atomic E-state index is 12.5. The van der Waals surface area contributed by atoms with Crippen molar-refractivity contribution >= 4 is 15.9 Å². The minimum atomic E-state index is -3.64. The molecule has 29 heavy (non-hydrogen) atoms. The van der Waals surface area contributed by atoms with Crippen LogP contribution in [0.5, 0.6) is 0 Å². The molecule has 0 aliphatic heterocycles. The Hall–Kier alpha value is -2.97. The third-order valence-corrected chi connectivity index (χ3v) is 6.06. The van der Waals surface area contributed by atoms with E-state index in [9.17, 15) is 13.2 Å². The Bertz CT molecular complexity index is 1120. The predicted molar refractivity (Wildman–Crippen MR) is 112 cm³/mol. The number of carbonyl (C=O) groups is 1. The third kappa shape index (κ3) is 4.90. The molecule has 0 fully saturated rings. The number of aromatic nitrogens is 2. The molecule has 2 N–H and O–H groups in total. The van der Waals surface area contributed by atoms with E-state index in [0.29, 0.717) is 5.56 Å². The molecule has 0 bridgehead atoms. The largest absolute Gasteiger partial charge is 0.349 e. The summed E-state index contributed by atoms with van der Waals surface area (Å²) in [5.74, 6) is -0.353. The van der Waals surface area contributed by atoms with Gasteiger partial charge in [0.25, 0.3) is 5.91 Å². The molecule has 0 unspecified atom stereocenters. The highest BCUT2D eigenvalue weighted by Crippen LogP contribution is 2.16. The Morgan fingerprint density at radius 1 is 1.00 bits per heavy atom. The summed E-state index contributed by atoms with van der Waals surface area (Å²) in [7, 11) is -3.64. The monoisotopic (exact) mass is 412 g/mol. The summed E-state index contributed by atoms with van der Waals surface area (Å²) >= 11 is 0. The van der Waals surface area contributed by atoms with Gasteiger partial charge < -0.3 is 5.32 Å². The van der Waals surface area contributed by atoms with Gasteiger partial charge in [-0.3, -0.25) is 4.79 Å². The summed E-state index contributed by atoms with van der Waals surface area (Å²) in [4.78, 5) is 12.6. The van der Waals surface area contributed by atoms with Gasteiger partial charge in [0.05, 0.1) is 10.6 Å². The zero-order chi connectivity index (χ0) is 21.0. The molecule has 1 heterocycles. The molecule has 0 saturated carbocycles. The van der Waals surface area contributed by atoms with Gasteiger partial charge in [-0.25, -0.2) is 17.8 Å². The van der Waals surface area contributed by atoms with Crippen LogP contribution in [0.15, 0.2) is 59.5 Å². The van der Waals surface area contributed by atoms with Gasteiger partial charge in [-0.1, -0.05) is 30.3 Å². The fraction of sp³-hybridized carbons (Fsp3) is 0.238. The number of sulfonamides is 1. The molecule has 7 nitrogen and oxygen atoms in total. The van der Waals surface area contributed by atoms with Crippen molar-refractivity contribution in [2.24, 2.45) is 0 Å². The summed E-state index contributed by atoms with van der Waals surface area (Å²) in [5, 5.41) is 7.04. The van der Waals surface area contributed by atoms with Crippen molar-refractivity contribution in [2.45, 2.75) is 25.7 Å². The molecule has 3 aromatic rings. The Balaban J connectivity index is 1.59. The van der Waals surface area contributed by atoms with Crippen molar-refractivity contribution in [1.29, 1.82) is 0 Å². The highest BCUT2D eigenvalue weighted by molar-refractivity contribution is 7.89. The van der Waals surface area contributed by atoms with Crippen LogP contribution in [0.2, 0.25) is 0 Å². The van der Waals surface area contributed by atoms with Crippen molar-refractivity contribution < 1.29 is 13.2 Å². The topological polar surface area (TPSA) is 93.1 Å². The number of benzene rings is 2. The van der Waals surface area contributed by atoms with Gasteiger partial charge >= 0.3 is 0 Å². The van der Waals surface area contributed by atoms with E-state index >= 15 is 0 Å². The van der Waals surface area contributed by atoms with Crippen LogP contribution in [-0.2, 0) is 10.0 Å². The maximum Gasteiger partial charge on any atom is 0.271 e. The summed E-state index contributed by atoms with van der Waals surface area (Å²) in [6, 6.07) is 16.5. The lowest BCUT2D eigenvalue weighted by atomic mass is 10.2. The number of hydrogen-bond acceptors (Lipinski definition) is 4. The molecule has 0 atom stereocenters. The summed E-state index contributed by atoms with van der Waals surface area (Å²) in [6.07, 6.45) is 0. The van der Waals surface area contributed by atoms with E-state index in [1.165, 1.54) is 0 Å². The SMILES string of the molecule is Cc1ccc(C)c(S(=O)(=O)NCCNC(=O)c2cc(C)n(-c3ccccc3)n2)c1. The van der Waals surface area contributed by atoms with E-state index in [4.69, 9.17) is 0 Å². The molecule has 1 amide bonds. The highest BCUT2D eigenvalue weighted by atomic mass is 32.2. The zero-order valence-corrected chi connectivity index (χ0v) is 17.5. The molecular weight excluding hydrogens is 388 g/mol. The van der Waals surface area contributed by atoms with Crippen LogP contribution in [0.1, 0.15) is 27.3 Å². The number of hydrogen-bond donors (Lipinski definition) is 2. The molecule has 2 aromatic carbocycles. The van der Waals surface area contributed by atoms with E-state index in [2.05, 4.69) is 15.1 Å². The number of rotatable bonds is 7. The van der Waals surface area contributed by atoms with Crippen molar-refractivity contribution in [1.82, 2.24) is 19.8 Å².